The average molecular weight is 755 g/mol. The second-order valence-corrected chi connectivity index (χ2v) is 17.1. The summed E-state index contributed by atoms with van der Waals surface area (Å²) in [4.78, 5) is 61.7. The maximum absolute atomic E-state index is 13.6. The fourth-order valence-corrected chi connectivity index (χ4v) is 9.71. The lowest BCUT2D eigenvalue weighted by Gasteiger charge is -2.33. The number of likely N-dealkylation sites (N-methyl/N-ethyl adjacent to an activating group) is 1. The smallest absolute Gasteiger partial charge is 0.265 e. The summed E-state index contributed by atoms with van der Waals surface area (Å²) in [6.45, 7) is 11.6. The van der Waals surface area contributed by atoms with Crippen molar-refractivity contribution in [3.05, 3.63) is 33.8 Å². The Morgan fingerprint density at radius 1 is 1.22 bits per heavy atom. The SMILES string of the molecule is C=Cc1csc(CNC(=O)C(NC(=O)CCSSC[C@H](NC)C2=NC(C(=O)N[C@H](CC(C)C)C3SC=C(C(N)=O)N3C)[C@@H](C)C2)[C@H](C)O)n1. The molecule has 3 rings (SSSR count). The summed E-state index contributed by atoms with van der Waals surface area (Å²) in [6, 6.07) is -1.81. The number of thiazole rings is 1. The van der Waals surface area contributed by atoms with Gasteiger partial charge < -0.3 is 37.0 Å². The Balaban J connectivity index is 1.46. The van der Waals surface area contributed by atoms with Crippen molar-refractivity contribution >= 4 is 80.1 Å². The number of nitrogens with zero attached hydrogens (tertiary/aromatic N) is 3. The van der Waals surface area contributed by atoms with E-state index >= 15 is 0 Å². The van der Waals surface area contributed by atoms with Crippen molar-refractivity contribution < 1.29 is 24.3 Å². The van der Waals surface area contributed by atoms with Crippen LogP contribution in [0.2, 0.25) is 0 Å². The Morgan fingerprint density at radius 2 is 1.96 bits per heavy atom. The van der Waals surface area contributed by atoms with E-state index in [1.54, 1.807) is 22.3 Å². The van der Waals surface area contributed by atoms with Crippen LogP contribution in [0.3, 0.4) is 0 Å². The van der Waals surface area contributed by atoms with Gasteiger partial charge in [-0.1, -0.05) is 48.9 Å². The number of hydrogen-bond acceptors (Lipinski definition) is 13. The van der Waals surface area contributed by atoms with Gasteiger partial charge in [-0.15, -0.1) is 23.1 Å². The molecule has 17 heteroatoms. The monoisotopic (exact) mass is 754 g/mol. The van der Waals surface area contributed by atoms with Crippen molar-refractivity contribution in [1.82, 2.24) is 31.2 Å². The van der Waals surface area contributed by atoms with Crippen LogP contribution in [0.4, 0.5) is 0 Å². The molecular formula is C32H50N8O5S4. The number of aliphatic hydroxyl groups is 1. The molecule has 0 bridgehead atoms. The Morgan fingerprint density at radius 3 is 2.55 bits per heavy atom. The molecule has 1 aromatic heterocycles. The summed E-state index contributed by atoms with van der Waals surface area (Å²) in [5.41, 5.74) is 7.65. The molecule has 13 nitrogen and oxygen atoms in total. The number of nitrogens with one attached hydrogen (secondary N) is 4. The number of primary amides is 1. The number of aromatic nitrogens is 1. The first-order valence-electron chi connectivity index (χ1n) is 16.2. The van der Waals surface area contributed by atoms with Crippen molar-refractivity contribution in [1.29, 1.82) is 0 Å². The predicted molar refractivity (Wildman–Crippen MR) is 203 cm³/mol. The summed E-state index contributed by atoms with van der Waals surface area (Å²) >= 11 is 2.88. The molecule has 7 N–H and O–H groups in total. The molecule has 7 atom stereocenters. The van der Waals surface area contributed by atoms with Gasteiger partial charge in [0.15, 0.2) is 0 Å². The van der Waals surface area contributed by atoms with Gasteiger partial charge in [0.05, 0.1) is 35.8 Å². The molecule has 2 aliphatic heterocycles. The van der Waals surface area contributed by atoms with E-state index in [-0.39, 0.29) is 48.2 Å². The lowest BCUT2D eigenvalue weighted by atomic mass is 9.97. The molecule has 0 spiro atoms. The van der Waals surface area contributed by atoms with Gasteiger partial charge >= 0.3 is 0 Å². The highest BCUT2D eigenvalue weighted by Gasteiger charge is 2.39. The van der Waals surface area contributed by atoms with Gasteiger partial charge in [0.25, 0.3) is 5.91 Å². The molecule has 4 amide bonds. The van der Waals surface area contributed by atoms with Gasteiger partial charge in [-0.25, -0.2) is 4.98 Å². The van der Waals surface area contributed by atoms with Crippen LogP contribution in [0.5, 0.6) is 0 Å². The van der Waals surface area contributed by atoms with Gasteiger partial charge in [-0.2, -0.15) is 0 Å². The molecular weight excluding hydrogens is 705 g/mol. The number of amides is 4. The van der Waals surface area contributed by atoms with Crippen LogP contribution in [0.25, 0.3) is 6.08 Å². The minimum atomic E-state index is -1.08. The molecule has 0 aromatic carbocycles. The maximum atomic E-state index is 13.6. The Hall–Kier alpha value is -2.57. The molecule has 0 saturated heterocycles. The zero-order valence-electron chi connectivity index (χ0n) is 28.9. The second-order valence-electron chi connectivity index (χ2n) is 12.6. The Bertz CT molecular complexity index is 1390. The average Bonchev–Trinajstić information content (AvgIpc) is 3.77. The van der Waals surface area contributed by atoms with Crippen LogP contribution in [0.15, 0.2) is 28.1 Å². The van der Waals surface area contributed by atoms with E-state index in [4.69, 9.17) is 10.7 Å². The van der Waals surface area contributed by atoms with Crippen LogP contribution < -0.4 is 27.0 Å². The predicted octanol–water partition coefficient (Wildman–Crippen LogP) is 2.34. The number of thioether (sulfide) groups is 1. The number of aliphatic hydroxyl groups excluding tert-OH is 1. The number of carbonyl (C=O) groups excluding carboxylic acids is 4. The van der Waals surface area contributed by atoms with Crippen LogP contribution >= 0.6 is 44.7 Å². The third-order valence-electron chi connectivity index (χ3n) is 8.13. The highest BCUT2D eigenvalue weighted by Crippen LogP contribution is 2.34. The fraction of sp³-hybridized carbons (Fsp3) is 0.625. The highest BCUT2D eigenvalue weighted by molar-refractivity contribution is 8.76. The van der Waals surface area contributed by atoms with Crippen molar-refractivity contribution in [2.75, 3.05) is 25.6 Å². The minimum absolute atomic E-state index is 0.0328. The number of nitrogens with two attached hydrogens (primary N) is 1. The molecule has 0 radical (unpaired) electrons. The van der Waals surface area contributed by atoms with Crippen LogP contribution in [0, 0.1) is 11.8 Å². The molecule has 0 fully saturated rings. The van der Waals surface area contributed by atoms with Gasteiger partial charge in [0, 0.05) is 41.5 Å². The van der Waals surface area contributed by atoms with Gasteiger partial charge in [-0.3, -0.25) is 24.2 Å². The topological polar surface area (TPSA) is 191 Å². The molecule has 272 valence electrons. The lowest BCUT2D eigenvalue weighted by molar-refractivity contribution is -0.131. The molecule has 49 heavy (non-hydrogen) atoms. The molecule has 3 unspecified atom stereocenters. The summed E-state index contributed by atoms with van der Waals surface area (Å²) in [6.07, 6.45) is 2.17. The van der Waals surface area contributed by atoms with Gasteiger partial charge in [0.1, 0.15) is 22.8 Å². The van der Waals surface area contributed by atoms with Crippen molar-refractivity contribution in [3.8, 4) is 0 Å². The number of rotatable bonds is 20. The molecule has 1 aromatic rings. The molecule has 2 aliphatic rings. The number of hydrogen-bond donors (Lipinski definition) is 6. The van der Waals surface area contributed by atoms with Crippen molar-refractivity contribution in [2.24, 2.45) is 22.6 Å². The van der Waals surface area contributed by atoms with E-state index in [0.717, 1.165) is 17.8 Å². The van der Waals surface area contributed by atoms with Gasteiger partial charge in [0.2, 0.25) is 17.7 Å². The third kappa shape index (κ3) is 12.0. The normalized spacial score (nSPS) is 21.4. The van der Waals surface area contributed by atoms with E-state index in [1.807, 2.05) is 31.3 Å². The molecule has 0 aliphatic carbocycles. The number of aliphatic imine (C=N–C) groups is 1. The zero-order valence-corrected chi connectivity index (χ0v) is 32.2. The second kappa shape index (κ2) is 19.7. The molecule has 3 heterocycles. The van der Waals surface area contributed by atoms with Crippen molar-refractivity contribution in [3.63, 3.8) is 0 Å². The minimum Gasteiger partial charge on any atom is -0.391 e. The van der Waals surface area contributed by atoms with Crippen LogP contribution in [-0.4, -0.2) is 106 Å². The van der Waals surface area contributed by atoms with E-state index in [9.17, 15) is 24.3 Å². The fourth-order valence-electron chi connectivity index (χ4n) is 5.49. The Labute approximate surface area is 305 Å². The standard InChI is InChI=1S/C32H50N8O5S4/c1-8-20-14-46-26(36-20)13-35-30(44)28(19(5)41)39-25(42)9-10-48-49-15-23(34-6)21-12-18(4)27(37-21)31(45)38-22(11-17(2)3)32-40(7)24(16-47-32)29(33)43/h8,14,16-19,22-23,27-28,32,34,41H,1,9-13,15H2,2-7H3,(H2,33,43)(H,35,44)(H,38,45)(H,39,42)/t18-,19-,22+,23-,27?,28?,32?/m0/s1. The number of carbonyl (C=O) groups is 4. The molecule has 0 saturated carbocycles. The van der Waals surface area contributed by atoms with Crippen LogP contribution in [-0.2, 0) is 25.7 Å². The van der Waals surface area contributed by atoms with E-state index in [2.05, 4.69) is 46.7 Å². The third-order valence-corrected chi connectivity index (χ3v) is 12.7. The van der Waals surface area contributed by atoms with E-state index < -0.39 is 30.0 Å². The summed E-state index contributed by atoms with van der Waals surface area (Å²) < 4.78 is 0. The summed E-state index contributed by atoms with van der Waals surface area (Å²) in [5, 5.41) is 26.2. The first kappa shape index (κ1) is 40.9. The van der Waals surface area contributed by atoms with E-state index in [0.29, 0.717) is 34.5 Å². The van der Waals surface area contributed by atoms with Crippen molar-refractivity contribution in [2.45, 2.75) is 89.1 Å². The highest BCUT2D eigenvalue weighted by atomic mass is 33.1. The zero-order chi connectivity index (χ0) is 36.2. The van der Waals surface area contributed by atoms with Crippen LogP contribution in [0.1, 0.15) is 57.7 Å². The van der Waals surface area contributed by atoms with E-state index in [1.165, 1.54) is 40.8 Å². The largest absolute Gasteiger partial charge is 0.391 e. The summed E-state index contributed by atoms with van der Waals surface area (Å²) in [7, 11) is 6.83. The Kier molecular flexibility index (Phi) is 16.4. The first-order chi connectivity index (χ1) is 23.2. The van der Waals surface area contributed by atoms with Gasteiger partial charge in [-0.05, 0) is 44.7 Å². The maximum Gasteiger partial charge on any atom is 0.265 e. The first-order valence-corrected chi connectivity index (χ1v) is 20.6. The lowest BCUT2D eigenvalue weighted by Crippen LogP contribution is -2.52. The quantitative estimate of drug-likeness (QED) is 0.0847. The summed E-state index contributed by atoms with van der Waals surface area (Å²) in [5.74, 6) is 0.144.